The minimum absolute atomic E-state index is 0.123. The first-order chi connectivity index (χ1) is 18.0. The van der Waals surface area contributed by atoms with Gasteiger partial charge in [-0.2, -0.15) is 15.3 Å². The molecule has 1 fully saturated rings. The number of hydrogen-bond donors (Lipinski definition) is 1. The van der Waals surface area contributed by atoms with E-state index in [2.05, 4.69) is 26.3 Å². The van der Waals surface area contributed by atoms with Crippen LogP contribution in [-0.4, -0.2) is 85.3 Å². The van der Waals surface area contributed by atoms with E-state index in [1.165, 1.54) is 12.8 Å². The van der Waals surface area contributed by atoms with Crippen molar-refractivity contribution in [2.45, 2.75) is 26.3 Å². The second-order valence-electron chi connectivity index (χ2n) is 9.88. The topological polar surface area (TPSA) is 97.1 Å². The number of benzene rings is 1. The average Bonchev–Trinajstić information content (AvgIpc) is 3.68. The summed E-state index contributed by atoms with van der Waals surface area (Å²) in [5.41, 5.74) is 5.91. The molecule has 4 aromatic rings. The molecule has 1 amide bonds. The molecule has 0 atom stereocenters. The second kappa shape index (κ2) is 9.51. The van der Waals surface area contributed by atoms with E-state index < -0.39 is 0 Å². The lowest BCUT2D eigenvalue weighted by Crippen LogP contribution is -2.32. The molecule has 37 heavy (non-hydrogen) atoms. The summed E-state index contributed by atoms with van der Waals surface area (Å²) in [6.45, 7) is 6.76. The van der Waals surface area contributed by atoms with Crippen molar-refractivity contribution in [1.29, 1.82) is 0 Å². The van der Waals surface area contributed by atoms with Crippen molar-refractivity contribution in [2.24, 2.45) is 7.05 Å². The quantitative estimate of drug-likeness (QED) is 0.464. The number of H-pyrrole nitrogens is 1. The van der Waals surface area contributed by atoms with E-state index in [1.54, 1.807) is 16.6 Å². The van der Waals surface area contributed by atoms with Gasteiger partial charge in [-0.05, 0) is 62.7 Å². The van der Waals surface area contributed by atoms with Crippen molar-refractivity contribution in [3.05, 3.63) is 47.0 Å². The molecule has 1 saturated heterocycles. The van der Waals surface area contributed by atoms with Crippen LogP contribution in [0.25, 0.3) is 34.2 Å². The van der Waals surface area contributed by atoms with Gasteiger partial charge in [-0.3, -0.25) is 14.6 Å². The highest BCUT2D eigenvalue weighted by molar-refractivity contribution is 5.98. The van der Waals surface area contributed by atoms with E-state index in [1.807, 2.05) is 49.1 Å². The number of nitrogens with one attached hydrogen (secondary N) is 1. The van der Waals surface area contributed by atoms with Crippen LogP contribution in [0.3, 0.4) is 0 Å². The molecule has 0 aliphatic carbocycles. The normalized spacial score (nSPS) is 17.5. The Bertz CT molecular complexity index is 1490. The van der Waals surface area contributed by atoms with E-state index in [-0.39, 0.29) is 5.91 Å². The number of hydrogen-bond acceptors (Lipinski definition) is 6. The molecule has 2 bridgehead atoms. The summed E-state index contributed by atoms with van der Waals surface area (Å²) in [4.78, 5) is 17.7. The van der Waals surface area contributed by atoms with Gasteiger partial charge in [-0.1, -0.05) is 6.07 Å². The van der Waals surface area contributed by atoms with Crippen LogP contribution in [0.5, 0.6) is 5.88 Å². The number of fused-ring (bicyclic) bond motifs is 4. The summed E-state index contributed by atoms with van der Waals surface area (Å²) >= 11 is 0. The molecule has 1 aromatic carbocycles. The van der Waals surface area contributed by atoms with Gasteiger partial charge >= 0.3 is 0 Å². The molecule has 2 aliphatic rings. The predicted octanol–water partition coefficient (Wildman–Crippen LogP) is 3.20. The van der Waals surface area contributed by atoms with Gasteiger partial charge in [-0.15, -0.1) is 0 Å². The summed E-state index contributed by atoms with van der Waals surface area (Å²) in [5.74, 6) is 0.542. The Morgan fingerprint density at radius 3 is 2.76 bits per heavy atom. The Morgan fingerprint density at radius 2 is 1.92 bits per heavy atom. The highest BCUT2D eigenvalue weighted by Gasteiger charge is 2.24. The number of aromatic amines is 1. The summed E-state index contributed by atoms with van der Waals surface area (Å²) in [7, 11) is 3.65. The number of rotatable bonds is 3. The lowest BCUT2D eigenvalue weighted by atomic mass is 10.0. The molecule has 10 heteroatoms. The van der Waals surface area contributed by atoms with Gasteiger partial charge in [-0.25, -0.2) is 4.68 Å². The van der Waals surface area contributed by atoms with E-state index >= 15 is 0 Å². The molecule has 3 aromatic heterocycles. The molecule has 0 unspecified atom stereocenters. The van der Waals surface area contributed by atoms with Gasteiger partial charge in [0.25, 0.3) is 5.91 Å². The highest BCUT2D eigenvalue weighted by atomic mass is 16.5. The lowest BCUT2D eigenvalue weighted by Gasteiger charge is -2.17. The smallest absolute Gasteiger partial charge is 0.274 e. The minimum Gasteiger partial charge on any atom is -0.476 e. The third kappa shape index (κ3) is 4.31. The number of likely N-dealkylation sites (tertiary alicyclic amines) is 1. The molecule has 6 rings (SSSR count). The average molecular weight is 501 g/mol. The maximum absolute atomic E-state index is 13.6. The zero-order valence-corrected chi connectivity index (χ0v) is 21.6. The Hall–Kier alpha value is -3.92. The molecule has 1 N–H and O–H groups in total. The van der Waals surface area contributed by atoms with Crippen molar-refractivity contribution >= 4 is 29.0 Å². The number of amides is 1. The highest BCUT2D eigenvalue weighted by Crippen LogP contribution is 2.33. The van der Waals surface area contributed by atoms with Gasteiger partial charge in [0.15, 0.2) is 5.69 Å². The number of likely N-dealkylation sites (N-methyl/N-ethyl adjacent to an activating group) is 1. The van der Waals surface area contributed by atoms with Gasteiger partial charge in [0, 0.05) is 37.3 Å². The van der Waals surface area contributed by atoms with Crippen LogP contribution < -0.4 is 4.74 Å². The summed E-state index contributed by atoms with van der Waals surface area (Å²) in [6.07, 6.45) is 8.29. The maximum Gasteiger partial charge on any atom is 0.274 e. The standard InChI is InChI=1S/C27H32N8O2/c1-18-20-7-9-24-21-16-19(6-8-23(21)29-30-24)22-17-28-33(3)27(22)37-15-14-32(2)26(36)25(20)31-35(18)13-12-34-10-4-5-11-34/h6-9,16-17H,4-5,10-15H2,1-3H3,(H,29,30)/b9-7+. The first-order valence-corrected chi connectivity index (χ1v) is 12.9. The zero-order valence-electron chi connectivity index (χ0n) is 21.6. The molecule has 0 spiro atoms. The number of carbonyl (C=O) groups excluding carboxylic acids is 1. The van der Waals surface area contributed by atoms with E-state index in [4.69, 9.17) is 9.84 Å². The fraction of sp³-hybridized carbons (Fsp3) is 0.407. The monoisotopic (exact) mass is 500 g/mol. The van der Waals surface area contributed by atoms with Crippen LogP contribution in [0, 0.1) is 6.92 Å². The largest absolute Gasteiger partial charge is 0.476 e. The van der Waals surface area contributed by atoms with Gasteiger partial charge in [0.05, 0.1) is 36.1 Å². The molecule has 10 nitrogen and oxygen atoms in total. The number of carbonyl (C=O) groups is 1. The van der Waals surface area contributed by atoms with Crippen LogP contribution in [0.2, 0.25) is 0 Å². The molecular weight excluding hydrogens is 468 g/mol. The molecule has 0 saturated carbocycles. The Balaban J connectivity index is 1.43. The third-order valence-electron chi connectivity index (χ3n) is 7.49. The van der Waals surface area contributed by atoms with Gasteiger partial charge in [0.2, 0.25) is 5.88 Å². The first-order valence-electron chi connectivity index (χ1n) is 12.9. The van der Waals surface area contributed by atoms with Crippen molar-refractivity contribution in [3.63, 3.8) is 0 Å². The molecule has 0 radical (unpaired) electrons. The number of aromatic nitrogens is 6. The molecule has 192 valence electrons. The third-order valence-corrected chi connectivity index (χ3v) is 7.49. The Morgan fingerprint density at radius 1 is 1.08 bits per heavy atom. The van der Waals surface area contributed by atoms with E-state index in [0.717, 1.165) is 65.2 Å². The predicted molar refractivity (Wildman–Crippen MR) is 142 cm³/mol. The number of ether oxygens (including phenoxy) is 1. The van der Waals surface area contributed by atoms with Crippen LogP contribution in [0.1, 0.15) is 40.3 Å². The lowest BCUT2D eigenvalue weighted by molar-refractivity contribution is 0.0764. The van der Waals surface area contributed by atoms with Crippen molar-refractivity contribution in [1.82, 2.24) is 39.6 Å². The fourth-order valence-corrected chi connectivity index (χ4v) is 5.23. The van der Waals surface area contributed by atoms with Crippen LogP contribution in [-0.2, 0) is 13.6 Å². The van der Waals surface area contributed by atoms with Crippen LogP contribution in [0.4, 0.5) is 0 Å². The maximum atomic E-state index is 13.6. The van der Waals surface area contributed by atoms with Gasteiger partial charge < -0.3 is 14.5 Å². The summed E-state index contributed by atoms with van der Waals surface area (Å²) in [5, 5.41) is 17.8. The van der Waals surface area contributed by atoms with Crippen LogP contribution >= 0.6 is 0 Å². The first kappa shape index (κ1) is 23.5. The molecule has 5 heterocycles. The van der Waals surface area contributed by atoms with Crippen molar-refractivity contribution in [2.75, 3.05) is 39.8 Å². The number of nitrogens with zero attached hydrogens (tertiary/aromatic N) is 7. The van der Waals surface area contributed by atoms with Gasteiger partial charge in [0.1, 0.15) is 6.61 Å². The minimum atomic E-state index is -0.123. The fourth-order valence-electron chi connectivity index (χ4n) is 5.23. The summed E-state index contributed by atoms with van der Waals surface area (Å²) in [6, 6.07) is 6.13. The Labute approximate surface area is 215 Å². The molecular formula is C27H32N8O2. The summed E-state index contributed by atoms with van der Waals surface area (Å²) < 4.78 is 9.85. The SMILES string of the molecule is Cc1c2c(nn1CCN1CCCC1)C(=O)N(C)CCOc1c(cnn1C)-c1ccc3n[nH]c(c3c1)/C=C/2. The second-order valence-corrected chi connectivity index (χ2v) is 9.88. The van der Waals surface area contributed by atoms with E-state index in [0.29, 0.717) is 24.7 Å². The Kier molecular flexibility index (Phi) is 6.03. The van der Waals surface area contributed by atoms with E-state index in [9.17, 15) is 4.79 Å². The molecule has 2 aliphatic heterocycles. The van der Waals surface area contributed by atoms with Crippen LogP contribution in [0.15, 0.2) is 24.4 Å². The number of aryl methyl sites for hydroxylation is 1. The zero-order chi connectivity index (χ0) is 25.5. The van der Waals surface area contributed by atoms with Crippen molar-refractivity contribution < 1.29 is 9.53 Å². The van der Waals surface area contributed by atoms with Crippen molar-refractivity contribution in [3.8, 4) is 17.0 Å².